The second kappa shape index (κ2) is 8.48. The lowest BCUT2D eigenvalue weighted by molar-refractivity contribution is 0.118. The molecule has 0 aliphatic carbocycles. The summed E-state index contributed by atoms with van der Waals surface area (Å²) in [4.78, 5) is 25.7. The Balaban J connectivity index is 2.73. The second-order valence-electron chi connectivity index (χ2n) is 5.06. The highest BCUT2D eigenvalue weighted by Crippen LogP contribution is 2.09. The summed E-state index contributed by atoms with van der Waals surface area (Å²) in [5, 5.41) is 2.90. The van der Waals surface area contributed by atoms with Gasteiger partial charge >= 0.3 is 5.69 Å². The van der Waals surface area contributed by atoms with E-state index >= 15 is 0 Å². The molecule has 0 aliphatic rings. The number of nitrogens with one attached hydrogen (secondary N) is 2. The zero-order valence-electron chi connectivity index (χ0n) is 12.8. The molecule has 1 heterocycles. The van der Waals surface area contributed by atoms with E-state index in [2.05, 4.69) is 24.1 Å². The Morgan fingerprint density at radius 1 is 1.33 bits per heavy atom. The molecular weight excluding hydrogens is 276 g/mol. The Kier molecular flexibility index (Phi) is 6.97. The molecule has 1 aromatic heterocycles. The summed E-state index contributed by atoms with van der Waals surface area (Å²) in [6.45, 7) is 6.25. The van der Waals surface area contributed by atoms with E-state index in [1.165, 1.54) is 11.7 Å². The highest BCUT2D eigenvalue weighted by atomic mass is 16.5. The van der Waals surface area contributed by atoms with Crippen molar-refractivity contribution in [3.8, 4) is 0 Å². The Hall–Kier alpha value is -1.80. The summed E-state index contributed by atoms with van der Waals surface area (Å²) in [7, 11) is 1.53. The van der Waals surface area contributed by atoms with Crippen LogP contribution in [0.15, 0.2) is 9.59 Å². The molecular formula is C13H24N4O4. The lowest BCUT2D eigenvalue weighted by Crippen LogP contribution is -2.35. The molecule has 0 aromatic carbocycles. The molecule has 0 fully saturated rings. The Morgan fingerprint density at radius 2 is 2.05 bits per heavy atom. The van der Waals surface area contributed by atoms with Crippen LogP contribution in [0.5, 0.6) is 0 Å². The van der Waals surface area contributed by atoms with Crippen molar-refractivity contribution in [1.82, 2.24) is 9.55 Å². The van der Waals surface area contributed by atoms with Crippen LogP contribution < -0.4 is 22.3 Å². The first kappa shape index (κ1) is 17.3. The molecule has 21 heavy (non-hydrogen) atoms. The predicted octanol–water partition coefficient (Wildman–Crippen LogP) is -0.150. The number of aromatic nitrogens is 2. The normalized spacial score (nSPS) is 11.0. The fourth-order valence-electron chi connectivity index (χ4n) is 1.73. The quantitative estimate of drug-likeness (QED) is 0.547. The molecule has 4 N–H and O–H groups in total. The number of nitrogens with zero attached hydrogens (tertiary/aromatic N) is 1. The van der Waals surface area contributed by atoms with E-state index in [4.69, 9.17) is 15.2 Å². The third-order valence-electron chi connectivity index (χ3n) is 2.76. The maximum Gasteiger partial charge on any atom is 0.330 e. The molecule has 0 bridgehead atoms. The van der Waals surface area contributed by atoms with Crippen LogP contribution >= 0.6 is 0 Å². The zero-order chi connectivity index (χ0) is 15.8. The van der Waals surface area contributed by atoms with Gasteiger partial charge in [-0.25, -0.2) is 4.79 Å². The molecule has 120 valence electrons. The van der Waals surface area contributed by atoms with E-state index < -0.39 is 11.2 Å². The first-order valence-electron chi connectivity index (χ1n) is 6.90. The number of anilines is 2. The Bertz CT molecular complexity index is 550. The molecule has 0 radical (unpaired) electrons. The summed E-state index contributed by atoms with van der Waals surface area (Å²) < 4.78 is 11.6. The van der Waals surface area contributed by atoms with Crippen molar-refractivity contribution in [2.24, 2.45) is 5.92 Å². The van der Waals surface area contributed by atoms with Crippen LogP contribution in [0.1, 0.15) is 13.8 Å². The van der Waals surface area contributed by atoms with Gasteiger partial charge in [0.2, 0.25) is 0 Å². The lowest BCUT2D eigenvalue weighted by Gasteiger charge is -2.14. The van der Waals surface area contributed by atoms with Crippen molar-refractivity contribution in [2.45, 2.75) is 20.4 Å². The number of rotatable bonds is 9. The van der Waals surface area contributed by atoms with Crippen molar-refractivity contribution < 1.29 is 9.47 Å². The lowest BCUT2D eigenvalue weighted by atomic mass is 10.2. The fourth-order valence-corrected chi connectivity index (χ4v) is 1.73. The maximum absolute atomic E-state index is 11.8. The van der Waals surface area contributed by atoms with E-state index in [9.17, 15) is 9.59 Å². The fraction of sp³-hybridized carbons (Fsp3) is 0.692. The van der Waals surface area contributed by atoms with E-state index in [0.717, 1.165) is 0 Å². The first-order chi connectivity index (χ1) is 9.97. The molecule has 0 amide bonds. The van der Waals surface area contributed by atoms with E-state index in [0.29, 0.717) is 32.3 Å². The van der Waals surface area contributed by atoms with Gasteiger partial charge in [-0.3, -0.25) is 14.3 Å². The average Bonchev–Trinajstić information content (AvgIpc) is 2.41. The molecule has 0 saturated heterocycles. The molecule has 1 aromatic rings. The van der Waals surface area contributed by atoms with Gasteiger partial charge in [-0.1, -0.05) is 13.8 Å². The van der Waals surface area contributed by atoms with Gasteiger partial charge in [0, 0.05) is 20.3 Å². The zero-order valence-corrected chi connectivity index (χ0v) is 12.8. The minimum atomic E-state index is -0.545. The van der Waals surface area contributed by atoms with Crippen LogP contribution in [0.4, 0.5) is 11.5 Å². The standard InChI is InChI=1S/C13H24N4O4/c1-9(2)8-21-6-4-15-10-11(14)17(5-7-20-3)13(19)16-12(10)18/h9,15H,4-8,14H2,1-3H3,(H,16,18,19). The van der Waals surface area contributed by atoms with Crippen molar-refractivity contribution in [1.29, 1.82) is 0 Å². The smallest absolute Gasteiger partial charge is 0.330 e. The van der Waals surface area contributed by atoms with Crippen molar-refractivity contribution in [3.05, 3.63) is 20.8 Å². The van der Waals surface area contributed by atoms with Gasteiger partial charge in [-0.15, -0.1) is 0 Å². The highest BCUT2D eigenvalue weighted by Gasteiger charge is 2.11. The molecule has 0 aliphatic heterocycles. The molecule has 8 heteroatoms. The van der Waals surface area contributed by atoms with Gasteiger partial charge in [0.05, 0.1) is 19.8 Å². The monoisotopic (exact) mass is 300 g/mol. The van der Waals surface area contributed by atoms with Crippen molar-refractivity contribution in [3.63, 3.8) is 0 Å². The largest absolute Gasteiger partial charge is 0.383 e. The first-order valence-corrected chi connectivity index (χ1v) is 6.90. The summed E-state index contributed by atoms with van der Waals surface area (Å²) in [5.41, 5.74) is 4.97. The van der Waals surface area contributed by atoms with Crippen LogP contribution in [0.2, 0.25) is 0 Å². The molecule has 8 nitrogen and oxygen atoms in total. The predicted molar refractivity (Wildman–Crippen MR) is 81.8 cm³/mol. The van der Waals surface area contributed by atoms with Crippen LogP contribution in [0, 0.1) is 5.92 Å². The summed E-state index contributed by atoms with van der Waals surface area (Å²) in [6.07, 6.45) is 0. The molecule has 0 saturated carbocycles. The van der Waals surface area contributed by atoms with Crippen molar-refractivity contribution in [2.75, 3.05) is 44.5 Å². The van der Waals surface area contributed by atoms with E-state index in [-0.39, 0.29) is 18.1 Å². The highest BCUT2D eigenvalue weighted by molar-refractivity contribution is 5.60. The van der Waals surface area contributed by atoms with E-state index in [1.807, 2.05) is 0 Å². The number of aromatic amines is 1. The Morgan fingerprint density at radius 3 is 2.67 bits per heavy atom. The topological polar surface area (TPSA) is 111 Å². The maximum atomic E-state index is 11.8. The van der Waals surface area contributed by atoms with Gasteiger partial charge < -0.3 is 20.5 Å². The second-order valence-corrected chi connectivity index (χ2v) is 5.06. The third-order valence-corrected chi connectivity index (χ3v) is 2.76. The SMILES string of the molecule is COCCn1c(N)c(NCCOCC(C)C)c(=O)[nH]c1=O. The Labute approximate surface area is 123 Å². The number of nitrogen functional groups attached to an aromatic ring is 1. The molecule has 1 rings (SSSR count). The minimum absolute atomic E-state index is 0.102. The van der Waals surface area contributed by atoms with Crippen LogP contribution in [0.25, 0.3) is 0 Å². The van der Waals surface area contributed by atoms with Gasteiger partial charge in [0.25, 0.3) is 5.56 Å². The molecule has 0 unspecified atom stereocenters. The van der Waals surface area contributed by atoms with Gasteiger partial charge in [-0.05, 0) is 5.92 Å². The van der Waals surface area contributed by atoms with Crippen LogP contribution in [0.3, 0.4) is 0 Å². The summed E-state index contributed by atoms with van der Waals surface area (Å²) in [5.74, 6) is 0.555. The number of hydrogen-bond donors (Lipinski definition) is 3. The van der Waals surface area contributed by atoms with Crippen LogP contribution in [-0.2, 0) is 16.0 Å². The number of H-pyrrole nitrogens is 1. The summed E-state index contributed by atoms with van der Waals surface area (Å²) in [6, 6.07) is 0. The van der Waals surface area contributed by atoms with Gasteiger partial charge in [-0.2, -0.15) is 0 Å². The van der Waals surface area contributed by atoms with Crippen molar-refractivity contribution >= 4 is 11.5 Å². The average molecular weight is 300 g/mol. The molecule has 0 atom stereocenters. The third kappa shape index (κ3) is 5.24. The number of methoxy groups -OCH3 is 1. The van der Waals surface area contributed by atoms with Crippen LogP contribution in [-0.4, -0.2) is 43.0 Å². The number of hydrogen-bond acceptors (Lipinski definition) is 6. The van der Waals surface area contributed by atoms with Gasteiger partial charge in [0.1, 0.15) is 11.5 Å². The minimum Gasteiger partial charge on any atom is -0.383 e. The number of nitrogens with two attached hydrogens (primary N) is 1. The molecule has 0 spiro atoms. The summed E-state index contributed by atoms with van der Waals surface area (Å²) >= 11 is 0. The van der Waals surface area contributed by atoms with E-state index in [1.54, 1.807) is 0 Å². The van der Waals surface area contributed by atoms with Gasteiger partial charge in [0.15, 0.2) is 0 Å². The number of ether oxygens (including phenoxy) is 2.